The Kier molecular flexibility index (Phi) is 12.5. The Balaban J connectivity index is 1.09. The van der Waals surface area contributed by atoms with Crippen LogP contribution in [0.25, 0.3) is 67.4 Å². The van der Waals surface area contributed by atoms with Crippen molar-refractivity contribution in [1.82, 2.24) is 9.13 Å². The maximum atomic E-state index is 4.25. The SMILES string of the molecule is C=C/C=C(\C=C)N(c1ccc(-c2ccc(N(C(/C=C\C)=C/CC)c3ccc4c(c3)c(/C=C\C)c(C=C)n4-c3ccccc3)cc2)cc1)c1ccc2c(c1)c1ccccc1n2-c1ccccc1. The van der Waals surface area contributed by atoms with E-state index >= 15 is 0 Å². The maximum absolute atomic E-state index is 4.25. The molecule has 0 N–H and O–H groups in total. The van der Waals surface area contributed by atoms with Gasteiger partial charge in [0.1, 0.15) is 0 Å². The van der Waals surface area contributed by atoms with Crippen LogP contribution in [0.4, 0.5) is 22.7 Å². The predicted molar refractivity (Wildman–Crippen MR) is 287 cm³/mol. The van der Waals surface area contributed by atoms with Gasteiger partial charge in [0.15, 0.2) is 0 Å². The van der Waals surface area contributed by atoms with Gasteiger partial charge in [-0.25, -0.2) is 0 Å². The fourth-order valence-electron chi connectivity index (χ4n) is 9.28. The van der Waals surface area contributed by atoms with Crippen molar-refractivity contribution in [3.8, 4) is 22.5 Å². The maximum Gasteiger partial charge on any atom is 0.0542 e. The number of hydrogen-bond donors (Lipinski definition) is 0. The van der Waals surface area contributed by atoms with E-state index in [1.165, 1.54) is 16.3 Å². The van der Waals surface area contributed by atoms with Crippen LogP contribution in [0.2, 0.25) is 0 Å². The zero-order valence-electron chi connectivity index (χ0n) is 38.0. The summed E-state index contributed by atoms with van der Waals surface area (Å²) in [5, 5.41) is 3.55. The van der Waals surface area contributed by atoms with Gasteiger partial charge in [-0.2, -0.15) is 0 Å². The molecule has 0 spiro atoms. The van der Waals surface area contributed by atoms with E-state index in [1.807, 2.05) is 24.3 Å². The largest absolute Gasteiger partial charge is 0.311 e. The number of hydrogen-bond acceptors (Lipinski definition) is 2. The summed E-state index contributed by atoms with van der Waals surface area (Å²) in [4.78, 5) is 4.61. The molecule has 0 saturated heterocycles. The summed E-state index contributed by atoms with van der Waals surface area (Å²) in [7, 11) is 0. The predicted octanol–water partition coefficient (Wildman–Crippen LogP) is 17.5. The molecule has 9 rings (SSSR count). The first kappa shape index (κ1) is 42.9. The minimum atomic E-state index is 0.898. The van der Waals surface area contributed by atoms with Crippen molar-refractivity contribution in [3.63, 3.8) is 0 Å². The topological polar surface area (TPSA) is 16.3 Å². The summed E-state index contributed by atoms with van der Waals surface area (Å²) in [5.41, 5.74) is 16.4. The van der Waals surface area contributed by atoms with Gasteiger partial charge in [-0.15, -0.1) is 0 Å². The van der Waals surface area contributed by atoms with E-state index in [0.29, 0.717) is 0 Å². The van der Waals surface area contributed by atoms with Crippen LogP contribution >= 0.6 is 0 Å². The standard InChI is InChI=1S/C62H54N4/c1-7-21-47(11-5)63(53-39-42-62-58(43-53)56-29-19-20-30-60(56)66(62)50-27-17-14-18-28-50)51-35-31-45(32-36-51)46-33-37-52(38-34-46)64(48(22-8-2)23-9-3)54-40-41-61-57(44-54)55(24-10-4)59(12-6)65(61)49-25-15-13-16-26-49/h7-8,10-44H,1,5-6,9H2,2-4H3/b22-8-,24-10-,47-21+,48-23+. The molecule has 66 heavy (non-hydrogen) atoms. The highest BCUT2D eigenvalue weighted by Crippen LogP contribution is 2.41. The molecule has 0 aliphatic heterocycles. The van der Waals surface area contributed by atoms with Gasteiger partial charge in [0.05, 0.1) is 22.2 Å². The molecule has 0 aliphatic carbocycles. The molecule has 9 aromatic rings. The summed E-state index contributed by atoms with van der Waals surface area (Å²) in [6.07, 6.45) is 19.5. The van der Waals surface area contributed by atoms with Gasteiger partial charge in [-0.1, -0.05) is 136 Å². The first-order chi connectivity index (χ1) is 32.5. The molecule has 0 aliphatic rings. The van der Waals surface area contributed by atoms with E-state index in [0.717, 1.165) is 90.7 Å². The number of rotatable bonds is 15. The molecule has 0 radical (unpaired) electrons. The number of fused-ring (bicyclic) bond motifs is 4. The molecule has 0 atom stereocenters. The summed E-state index contributed by atoms with van der Waals surface area (Å²) >= 11 is 0. The minimum absolute atomic E-state index is 0.898. The minimum Gasteiger partial charge on any atom is -0.311 e. The third-order valence-corrected chi connectivity index (χ3v) is 12.1. The van der Waals surface area contributed by atoms with Gasteiger partial charge in [-0.05, 0) is 147 Å². The molecule has 0 bridgehead atoms. The lowest BCUT2D eigenvalue weighted by Gasteiger charge is -2.27. The van der Waals surface area contributed by atoms with Crippen molar-refractivity contribution in [3.05, 3.63) is 255 Å². The second-order valence-electron chi connectivity index (χ2n) is 16.1. The quantitative estimate of drug-likeness (QED) is 0.0955. The summed E-state index contributed by atoms with van der Waals surface area (Å²) < 4.78 is 4.65. The van der Waals surface area contributed by atoms with Gasteiger partial charge in [0, 0.05) is 67.2 Å². The van der Waals surface area contributed by atoms with Crippen LogP contribution in [-0.2, 0) is 0 Å². The fourth-order valence-corrected chi connectivity index (χ4v) is 9.28. The van der Waals surface area contributed by atoms with E-state index in [-0.39, 0.29) is 0 Å². The Morgan fingerprint density at radius 1 is 0.515 bits per heavy atom. The van der Waals surface area contributed by atoms with Gasteiger partial charge in [0.25, 0.3) is 0 Å². The molecule has 4 nitrogen and oxygen atoms in total. The van der Waals surface area contributed by atoms with Gasteiger partial charge in [-0.3, -0.25) is 0 Å². The molecule has 2 heterocycles. The molecule has 0 amide bonds. The van der Waals surface area contributed by atoms with Crippen LogP contribution < -0.4 is 9.80 Å². The van der Waals surface area contributed by atoms with Crippen LogP contribution in [0.5, 0.6) is 0 Å². The summed E-state index contributed by atoms with van der Waals surface area (Å²) in [6, 6.07) is 60.9. The first-order valence-electron chi connectivity index (χ1n) is 22.7. The number of allylic oxidation sites excluding steroid dienone is 7. The lowest BCUT2D eigenvalue weighted by Crippen LogP contribution is -2.15. The van der Waals surface area contributed by atoms with E-state index in [9.17, 15) is 0 Å². The van der Waals surface area contributed by atoms with Crippen molar-refractivity contribution >= 4 is 67.6 Å². The average Bonchev–Trinajstić information content (AvgIpc) is 3.86. The van der Waals surface area contributed by atoms with Crippen molar-refractivity contribution in [1.29, 1.82) is 0 Å². The van der Waals surface area contributed by atoms with Crippen molar-refractivity contribution in [2.45, 2.75) is 27.2 Å². The monoisotopic (exact) mass is 854 g/mol. The zero-order valence-corrected chi connectivity index (χ0v) is 38.0. The Labute approximate surface area is 389 Å². The molecule has 7 aromatic carbocycles. The molecule has 322 valence electrons. The zero-order chi connectivity index (χ0) is 45.6. The molecule has 0 saturated carbocycles. The summed E-state index contributed by atoms with van der Waals surface area (Å²) in [5.74, 6) is 0. The van der Waals surface area contributed by atoms with Crippen molar-refractivity contribution < 1.29 is 0 Å². The Bertz CT molecular complexity index is 3340. The lowest BCUT2D eigenvalue weighted by molar-refractivity contribution is 1.10. The van der Waals surface area contributed by atoms with E-state index in [1.54, 1.807) is 0 Å². The van der Waals surface area contributed by atoms with Crippen LogP contribution in [0.1, 0.15) is 38.4 Å². The third kappa shape index (κ3) is 7.95. The molecule has 0 unspecified atom stereocenters. The number of nitrogens with zero attached hydrogens (tertiary/aromatic N) is 4. The number of para-hydroxylation sites is 3. The highest BCUT2D eigenvalue weighted by atomic mass is 15.2. The molecular formula is C62H54N4. The average molecular weight is 855 g/mol. The number of aromatic nitrogens is 2. The van der Waals surface area contributed by atoms with Gasteiger partial charge in [0.2, 0.25) is 0 Å². The lowest BCUT2D eigenvalue weighted by atomic mass is 10.0. The van der Waals surface area contributed by atoms with Crippen molar-refractivity contribution in [2.24, 2.45) is 0 Å². The van der Waals surface area contributed by atoms with Crippen LogP contribution in [0.15, 0.2) is 244 Å². The summed E-state index contributed by atoms with van der Waals surface area (Å²) in [6.45, 7) is 18.8. The fraction of sp³-hybridized carbons (Fsp3) is 0.0645. The highest BCUT2D eigenvalue weighted by Gasteiger charge is 2.21. The smallest absolute Gasteiger partial charge is 0.0542 e. The van der Waals surface area contributed by atoms with Crippen LogP contribution in [0, 0.1) is 0 Å². The molecule has 4 heteroatoms. The van der Waals surface area contributed by atoms with Crippen molar-refractivity contribution in [2.75, 3.05) is 9.80 Å². The Hall–Kier alpha value is -8.34. The molecular weight excluding hydrogens is 801 g/mol. The molecule has 0 fully saturated rings. The number of benzene rings is 7. The Morgan fingerprint density at radius 2 is 1.03 bits per heavy atom. The highest BCUT2D eigenvalue weighted by molar-refractivity contribution is 6.10. The second kappa shape index (κ2) is 19.2. The molecule has 2 aromatic heterocycles. The third-order valence-electron chi connectivity index (χ3n) is 12.1. The van der Waals surface area contributed by atoms with E-state index in [4.69, 9.17) is 0 Å². The first-order valence-corrected chi connectivity index (χ1v) is 22.7. The Morgan fingerprint density at radius 3 is 1.58 bits per heavy atom. The number of anilines is 4. The normalized spacial score (nSPS) is 12.2. The second-order valence-corrected chi connectivity index (χ2v) is 16.1. The van der Waals surface area contributed by atoms with E-state index < -0.39 is 0 Å². The van der Waals surface area contributed by atoms with Crippen LogP contribution in [-0.4, -0.2) is 9.13 Å². The van der Waals surface area contributed by atoms with Gasteiger partial charge >= 0.3 is 0 Å². The van der Waals surface area contributed by atoms with E-state index in [2.05, 4.69) is 260 Å². The van der Waals surface area contributed by atoms with Crippen LogP contribution in [0.3, 0.4) is 0 Å². The van der Waals surface area contributed by atoms with Gasteiger partial charge < -0.3 is 18.9 Å².